The Balaban J connectivity index is 1.55. The molecule has 0 radical (unpaired) electrons. The second-order valence-electron chi connectivity index (χ2n) is 5.81. The van der Waals surface area contributed by atoms with Crippen molar-refractivity contribution >= 4 is 28.6 Å². The van der Waals surface area contributed by atoms with Crippen LogP contribution >= 0.6 is 0 Å². The van der Waals surface area contributed by atoms with E-state index < -0.39 is 0 Å². The first-order chi connectivity index (χ1) is 13.7. The molecule has 28 heavy (non-hydrogen) atoms. The zero-order valence-electron chi connectivity index (χ0n) is 15.0. The number of nitrogens with one attached hydrogen (secondary N) is 2. The molecule has 0 aliphatic carbocycles. The maximum Gasteiger partial charge on any atom is 0.269 e. The molecule has 138 valence electrons. The number of pyridine rings is 2. The van der Waals surface area contributed by atoms with Crippen LogP contribution in [0.15, 0.2) is 67.1 Å². The Morgan fingerprint density at radius 3 is 2.68 bits per heavy atom. The molecular weight excluding hydrogens is 356 g/mol. The van der Waals surface area contributed by atoms with Gasteiger partial charge in [0.25, 0.3) is 5.91 Å². The summed E-state index contributed by atoms with van der Waals surface area (Å²) >= 11 is 0. The Morgan fingerprint density at radius 1 is 0.964 bits per heavy atom. The van der Waals surface area contributed by atoms with Gasteiger partial charge in [-0.05, 0) is 36.4 Å². The third-order valence-electron chi connectivity index (χ3n) is 3.88. The predicted molar refractivity (Wildman–Crippen MR) is 105 cm³/mol. The van der Waals surface area contributed by atoms with Crippen molar-refractivity contribution in [2.24, 2.45) is 0 Å². The lowest BCUT2D eigenvalue weighted by atomic mass is 10.2. The summed E-state index contributed by atoms with van der Waals surface area (Å²) in [7, 11) is 1.55. The molecule has 0 atom stereocenters. The molecule has 0 saturated carbocycles. The van der Waals surface area contributed by atoms with E-state index in [0.29, 0.717) is 23.3 Å². The predicted octanol–water partition coefficient (Wildman–Crippen LogP) is 3.32. The molecule has 0 aliphatic rings. The first-order valence-electron chi connectivity index (χ1n) is 8.52. The summed E-state index contributed by atoms with van der Waals surface area (Å²) in [6, 6.07) is 14.3. The minimum absolute atomic E-state index is 0.273. The summed E-state index contributed by atoms with van der Waals surface area (Å²) in [4.78, 5) is 28.7. The van der Waals surface area contributed by atoms with Crippen LogP contribution in [0.25, 0.3) is 10.9 Å². The molecule has 4 rings (SSSR count). The third-order valence-corrected chi connectivity index (χ3v) is 3.88. The molecule has 3 aromatic heterocycles. The molecule has 0 bridgehead atoms. The van der Waals surface area contributed by atoms with Crippen LogP contribution in [0.5, 0.6) is 11.5 Å². The van der Waals surface area contributed by atoms with Crippen LogP contribution in [0.3, 0.4) is 0 Å². The van der Waals surface area contributed by atoms with Crippen molar-refractivity contribution in [3.8, 4) is 11.5 Å². The monoisotopic (exact) mass is 372 g/mol. The smallest absolute Gasteiger partial charge is 0.269 e. The second-order valence-corrected chi connectivity index (χ2v) is 5.81. The summed E-state index contributed by atoms with van der Waals surface area (Å²) in [6.45, 7) is 0. The minimum Gasteiger partial charge on any atom is -0.457 e. The van der Waals surface area contributed by atoms with E-state index in [0.717, 1.165) is 10.9 Å². The Morgan fingerprint density at radius 2 is 1.86 bits per heavy atom. The SMILES string of the molecule is CNC(=O)c1cc(Oc2ccc3nc(Nc4ccccn4)ncc3c2)ccn1. The first kappa shape index (κ1) is 17.3. The van der Waals surface area contributed by atoms with Gasteiger partial charge in [-0.1, -0.05) is 6.07 Å². The molecule has 3 heterocycles. The number of ether oxygens (including phenoxy) is 1. The van der Waals surface area contributed by atoms with Crippen LogP contribution in [-0.2, 0) is 0 Å². The summed E-state index contributed by atoms with van der Waals surface area (Å²) < 4.78 is 5.85. The van der Waals surface area contributed by atoms with Gasteiger partial charge in [0.05, 0.1) is 5.52 Å². The molecule has 0 saturated heterocycles. The first-order valence-corrected chi connectivity index (χ1v) is 8.52. The molecule has 1 amide bonds. The largest absolute Gasteiger partial charge is 0.457 e. The van der Waals surface area contributed by atoms with Gasteiger partial charge in [0.15, 0.2) is 0 Å². The average Bonchev–Trinajstić information content (AvgIpc) is 2.74. The molecule has 4 aromatic rings. The lowest BCUT2D eigenvalue weighted by molar-refractivity contribution is 0.0958. The van der Waals surface area contributed by atoms with E-state index in [2.05, 4.69) is 30.6 Å². The lowest BCUT2D eigenvalue weighted by Gasteiger charge is -2.08. The van der Waals surface area contributed by atoms with Gasteiger partial charge < -0.3 is 15.4 Å². The van der Waals surface area contributed by atoms with E-state index in [4.69, 9.17) is 4.74 Å². The molecular formula is C20H16N6O2. The van der Waals surface area contributed by atoms with E-state index in [1.54, 1.807) is 37.6 Å². The van der Waals surface area contributed by atoms with E-state index >= 15 is 0 Å². The molecule has 0 spiro atoms. The summed E-state index contributed by atoms with van der Waals surface area (Å²) in [5.74, 6) is 1.99. The van der Waals surface area contributed by atoms with Crippen molar-refractivity contribution in [1.82, 2.24) is 25.3 Å². The fraction of sp³-hybridized carbons (Fsp3) is 0.0500. The molecule has 8 heteroatoms. The number of aromatic nitrogens is 4. The highest BCUT2D eigenvalue weighted by Gasteiger charge is 2.08. The van der Waals surface area contributed by atoms with Gasteiger partial charge in [0.2, 0.25) is 5.95 Å². The molecule has 0 aliphatic heterocycles. The van der Waals surface area contributed by atoms with Gasteiger partial charge in [-0.2, -0.15) is 0 Å². The normalized spacial score (nSPS) is 10.5. The Bertz CT molecular complexity index is 1130. The Hall–Kier alpha value is -4.07. The van der Waals surface area contributed by atoms with Gasteiger partial charge in [-0.25, -0.2) is 15.0 Å². The fourth-order valence-corrected chi connectivity index (χ4v) is 2.55. The number of amides is 1. The van der Waals surface area contributed by atoms with E-state index in [1.165, 1.54) is 6.20 Å². The van der Waals surface area contributed by atoms with E-state index in [1.807, 2.05) is 30.3 Å². The van der Waals surface area contributed by atoms with Crippen molar-refractivity contribution < 1.29 is 9.53 Å². The zero-order chi connectivity index (χ0) is 19.3. The maximum atomic E-state index is 11.7. The van der Waals surface area contributed by atoms with Crippen molar-refractivity contribution in [2.75, 3.05) is 12.4 Å². The van der Waals surface area contributed by atoms with Crippen LogP contribution in [0.1, 0.15) is 10.5 Å². The van der Waals surface area contributed by atoms with Gasteiger partial charge in [-0.15, -0.1) is 0 Å². The maximum absolute atomic E-state index is 11.7. The average molecular weight is 372 g/mol. The molecule has 0 unspecified atom stereocenters. The van der Waals surface area contributed by atoms with Gasteiger partial charge in [-0.3, -0.25) is 9.78 Å². The van der Waals surface area contributed by atoms with Crippen molar-refractivity contribution in [2.45, 2.75) is 0 Å². The van der Waals surface area contributed by atoms with E-state index in [-0.39, 0.29) is 11.6 Å². The lowest BCUT2D eigenvalue weighted by Crippen LogP contribution is -2.18. The minimum atomic E-state index is -0.273. The van der Waals surface area contributed by atoms with Crippen molar-refractivity contribution in [1.29, 1.82) is 0 Å². The van der Waals surface area contributed by atoms with Crippen LogP contribution in [0.2, 0.25) is 0 Å². The fourth-order valence-electron chi connectivity index (χ4n) is 2.55. The third kappa shape index (κ3) is 3.85. The topological polar surface area (TPSA) is 102 Å². The number of anilines is 2. The number of carbonyl (C=O) groups is 1. The number of rotatable bonds is 5. The van der Waals surface area contributed by atoms with Crippen LogP contribution in [0.4, 0.5) is 11.8 Å². The van der Waals surface area contributed by atoms with Crippen LogP contribution in [0, 0.1) is 0 Å². The van der Waals surface area contributed by atoms with Crippen molar-refractivity contribution in [3.63, 3.8) is 0 Å². The number of fused-ring (bicyclic) bond motifs is 1. The van der Waals surface area contributed by atoms with Crippen LogP contribution < -0.4 is 15.4 Å². The molecule has 0 fully saturated rings. The Kier molecular flexibility index (Phi) is 4.75. The standard InChI is InChI=1S/C20H16N6O2/c1-21-19(27)17-11-15(7-9-22-17)28-14-5-6-16-13(10-14)12-24-20(25-16)26-18-4-2-3-8-23-18/h2-12H,1H3,(H,21,27)(H,23,24,25,26). The number of nitrogens with zero attached hydrogens (tertiary/aromatic N) is 4. The van der Waals surface area contributed by atoms with Gasteiger partial charge in [0, 0.05) is 37.1 Å². The number of carbonyl (C=O) groups excluding carboxylic acids is 1. The van der Waals surface area contributed by atoms with Crippen molar-refractivity contribution in [3.05, 3.63) is 72.8 Å². The second kappa shape index (κ2) is 7.67. The van der Waals surface area contributed by atoms with Crippen LogP contribution in [-0.4, -0.2) is 32.9 Å². The summed E-state index contributed by atoms with van der Waals surface area (Å²) in [6.07, 6.45) is 4.93. The van der Waals surface area contributed by atoms with E-state index in [9.17, 15) is 4.79 Å². The number of benzene rings is 1. The molecule has 8 nitrogen and oxygen atoms in total. The zero-order valence-corrected chi connectivity index (χ0v) is 15.0. The highest BCUT2D eigenvalue weighted by molar-refractivity contribution is 5.92. The number of hydrogen-bond acceptors (Lipinski definition) is 7. The Labute approximate surface area is 160 Å². The van der Waals surface area contributed by atoms with Gasteiger partial charge in [0.1, 0.15) is 23.0 Å². The highest BCUT2D eigenvalue weighted by atomic mass is 16.5. The van der Waals surface area contributed by atoms with Gasteiger partial charge >= 0.3 is 0 Å². The molecule has 1 aromatic carbocycles. The summed E-state index contributed by atoms with van der Waals surface area (Å²) in [5, 5.41) is 6.42. The number of hydrogen-bond donors (Lipinski definition) is 2. The molecule has 2 N–H and O–H groups in total. The summed E-state index contributed by atoms with van der Waals surface area (Å²) in [5.41, 5.74) is 1.05. The quantitative estimate of drug-likeness (QED) is 0.554. The highest BCUT2D eigenvalue weighted by Crippen LogP contribution is 2.25.